The summed E-state index contributed by atoms with van der Waals surface area (Å²) in [6.07, 6.45) is 3.01. The molecule has 0 amide bonds. The first-order valence-corrected chi connectivity index (χ1v) is 3.83. The lowest BCUT2D eigenvalue weighted by atomic mass is 10.0. The van der Waals surface area contributed by atoms with Crippen LogP contribution in [0, 0.1) is 5.92 Å². The van der Waals surface area contributed by atoms with Crippen LogP contribution >= 0.6 is 0 Å². The molecular weight excluding hydrogens is 128 g/mol. The fraction of sp³-hybridized carbons (Fsp3) is 0.875. The van der Waals surface area contributed by atoms with Crippen molar-refractivity contribution < 1.29 is 9.90 Å². The summed E-state index contributed by atoms with van der Waals surface area (Å²) < 4.78 is 0. The summed E-state index contributed by atoms with van der Waals surface area (Å²) in [5.74, 6) is -0.161. The highest BCUT2D eigenvalue weighted by Crippen LogP contribution is 2.07. The Morgan fingerprint density at radius 2 is 2.10 bits per heavy atom. The van der Waals surface area contributed by atoms with Gasteiger partial charge in [0, 0.05) is 5.92 Å². The first-order chi connectivity index (χ1) is 4.72. The van der Waals surface area contributed by atoms with Crippen LogP contribution in [-0.4, -0.2) is 12.4 Å². The summed E-state index contributed by atoms with van der Waals surface area (Å²) in [7, 11) is 0. The van der Waals surface area contributed by atoms with E-state index in [9.17, 15) is 9.90 Å². The molecule has 2 heteroatoms. The van der Waals surface area contributed by atoms with Gasteiger partial charge in [0.05, 0.1) is 0 Å². The van der Waals surface area contributed by atoms with Crippen molar-refractivity contribution in [2.24, 2.45) is 5.92 Å². The van der Waals surface area contributed by atoms with Crippen molar-refractivity contribution in [1.82, 2.24) is 0 Å². The first-order valence-electron chi connectivity index (χ1n) is 3.83. The molecule has 0 spiro atoms. The van der Waals surface area contributed by atoms with Gasteiger partial charge < -0.3 is 0 Å². The van der Waals surface area contributed by atoms with Crippen molar-refractivity contribution >= 4 is 5.78 Å². The van der Waals surface area contributed by atoms with Crippen LogP contribution in [0.4, 0.5) is 0 Å². The lowest BCUT2D eigenvalue weighted by molar-refractivity contribution is -0.127. The third-order valence-corrected chi connectivity index (χ3v) is 1.68. The minimum Gasteiger partial charge on any atom is -0.297 e. The number of ketones is 1. The Balaban J connectivity index is 3.41. The maximum atomic E-state index is 10.7. The zero-order valence-electron chi connectivity index (χ0n) is 6.72. The molecule has 0 fully saturated rings. The number of carbonyl (C=O) groups excluding carboxylic acids is 1. The quantitative estimate of drug-likeness (QED) is 0.578. The topological polar surface area (TPSA) is 37.0 Å². The summed E-state index contributed by atoms with van der Waals surface area (Å²) in [5.41, 5.74) is 0. The second kappa shape index (κ2) is 5.42. The van der Waals surface area contributed by atoms with Crippen molar-refractivity contribution in [2.75, 3.05) is 6.61 Å². The normalized spacial score (nSPS) is 13.1. The van der Waals surface area contributed by atoms with Gasteiger partial charge in [0.15, 0.2) is 5.78 Å². The summed E-state index contributed by atoms with van der Waals surface area (Å²) in [6, 6.07) is 0. The molecule has 0 saturated heterocycles. The van der Waals surface area contributed by atoms with Crippen LogP contribution in [0.5, 0.6) is 0 Å². The van der Waals surface area contributed by atoms with Crippen LogP contribution in [0.3, 0.4) is 0 Å². The Bertz CT molecular complexity index is 99.4. The Morgan fingerprint density at radius 1 is 1.50 bits per heavy atom. The average Bonchev–Trinajstić information content (AvgIpc) is 1.98. The van der Waals surface area contributed by atoms with Crippen LogP contribution in [0.25, 0.3) is 0 Å². The van der Waals surface area contributed by atoms with Crippen LogP contribution in [0.2, 0.25) is 0 Å². The Hall–Kier alpha value is -0.370. The highest BCUT2D eigenvalue weighted by atomic mass is 16.3. The predicted octanol–water partition coefficient (Wildman–Crippen LogP) is 1.81. The van der Waals surface area contributed by atoms with Gasteiger partial charge in [-0.05, 0) is 6.42 Å². The van der Waals surface area contributed by atoms with Crippen molar-refractivity contribution in [3.63, 3.8) is 0 Å². The summed E-state index contributed by atoms with van der Waals surface area (Å²) in [4.78, 5) is 10.7. The third-order valence-electron chi connectivity index (χ3n) is 1.68. The van der Waals surface area contributed by atoms with Gasteiger partial charge in [-0.1, -0.05) is 26.7 Å². The fourth-order valence-corrected chi connectivity index (χ4v) is 0.814. The minimum absolute atomic E-state index is 0.0163. The van der Waals surface area contributed by atoms with Gasteiger partial charge in [-0.3, -0.25) is 4.79 Å². The lowest BCUT2D eigenvalue weighted by Crippen LogP contribution is -2.13. The minimum atomic E-state index is -0.551. The van der Waals surface area contributed by atoms with E-state index in [0.717, 1.165) is 19.3 Å². The van der Waals surface area contributed by atoms with Gasteiger partial charge in [0.2, 0.25) is 0 Å². The molecule has 0 aromatic heterocycles. The zero-order chi connectivity index (χ0) is 7.98. The number of carbonyl (C=O) groups is 1. The maximum Gasteiger partial charge on any atom is 0.164 e. The third kappa shape index (κ3) is 3.62. The number of Topliss-reactive ketones (excluding diaryl/α,β-unsaturated/α-hetero) is 1. The van der Waals surface area contributed by atoms with Crippen molar-refractivity contribution in [2.45, 2.75) is 33.1 Å². The monoisotopic (exact) mass is 143 g/mol. The van der Waals surface area contributed by atoms with E-state index in [1.807, 2.05) is 6.92 Å². The molecule has 0 aliphatic heterocycles. The van der Waals surface area contributed by atoms with Gasteiger partial charge >= 0.3 is 0 Å². The number of hydrogen-bond acceptors (Lipinski definition) is 1. The summed E-state index contributed by atoms with van der Waals surface area (Å²) >= 11 is 0. The average molecular weight is 143 g/mol. The molecule has 0 saturated carbocycles. The molecule has 10 heavy (non-hydrogen) atoms. The molecule has 1 unspecified atom stereocenters. The maximum absolute atomic E-state index is 10.7. The molecule has 0 heterocycles. The van der Waals surface area contributed by atoms with Gasteiger partial charge in [-0.15, -0.1) is 0 Å². The van der Waals surface area contributed by atoms with Crippen LogP contribution < -0.4 is 0 Å². The van der Waals surface area contributed by atoms with E-state index >= 15 is 0 Å². The molecule has 0 aliphatic rings. The van der Waals surface area contributed by atoms with Crippen molar-refractivity contribution in [3.05, 3.63) is 0 Å². The van der Waals surface area contributed by atoms with E-state index in [0.29, 0.717) is 0 Å². The highest BCUT2D eigenvalue weighted by molar-refractivity contribution is 5.81. The van der Waals surface area contributed by atoms with Gasteiger partial charge in [0.25, 0.3) is 0 Å². The van der Waals surface area contributed by atoms with E-state index < -0.39 is 6.61 Å². The molecule has 1 atom stereocenters. The van der Waals surface area contributed by atoms with Crippen molar-refractivity contribution in [3.8, 4) is 0 Å². The fourth-order valence-electron chi connectivity index (χ4n) is 0.814. The largest absolute Gasteiger partial charge is 0.297 e. The molecule has 0 aliphatic carbocycles. The zero-order valence-corrected chi connectivity index (χ0v) is 6.72. The van der Waals surface area contributed by atoms with E-state index in [4.69, 9.17) is 0 Å². The SMILES string of the molecule is CCCCC(C)C(=O)C[O]. The van der Waals surface area contributed by atoms with Crippen LogP contribution in [0.15, 0.2) is 0 Å². The van der Waals surface area contributed by atoms with Crippen LogP contribution in [-0.2, 0) is 9.90 Å². The van der Waals surface area contributed by atoms with E-state index in [2.05, 4.69) is 6.92 Å². The number of unbranched alkanes of at least 4 members (excludes halogenated alkanes) is 1. The molecular formula is C8H15O2. The Labute approximate surface area is 62.2 Å². The molecule has 0 N–H and O–H groups in total. The smallest absolute Gasteiger partial charge is 0.164 e. The van der Waals surface area contributed by atoms with Gasteiger partial charge in [0.1, 0.15) is 6.61 Å². The summed E-state index contributed by atoms with van der Waals surface area (Å²) in [5, 5.41) is 10.1. The lowest BCUT2D eigenvalue weighted by Gasteiger charge is -2.05. The van der Waals surface area contributed by atoms with Crippen molar-refractivity contribution in [1.29, 1.82) is 0 Å². The molecule has 0 rings (SSSR count). The Kier molecular flexibility index (Phi) is 5.22. The Morgan fingerprint density at radius 3 is 2.50 bits per heavy atom. The van der Waals surface area contributed by atoms with Gasteiger partial charge in [-0.25, -0.2) is 5.11 Å². The second-order valence-corrected chi connectivity index (χ2v) is 2.65. The van der Waals surface area contributed by atoms with Gasteiger partial charge in [-0.2, -0.15) is 0 Å². The second-order valence-electron chi connectivity index (χ2n) is 2.65. The van der Waals surface area contributed by atoms with E-state index in [-0.39, 0.29) is 11.7 Å². The molecule has 0 aromatic carbocycles. The molecule has 0 bridgehead atoms. The predicted molar refractivity (Wildman–Crippen MR) is 39.2 cm³/mol. The van der Waals surface area contributed by atoms with E-state index in [1.54, 1.807) is 0 Å². The molecule has 1 radical (unpaired) electrons. The molecule has 2 nitrogen and oxygen atoms in total. The van der Waals surface area contributed by atoms with Crippen LogP contribution in [0.1, 0.15) is 33.1 Å². The number of rotatable bonds is 5. The molecule has 0 aromatic rings. The number of hydrogen-bond donors (Lipinski definition) is 0. The standard InChI is InChI=1S/C8H15O2/c1-3-4-5-7(2)8(10)6-9/h7H,3-6H2,1-2H3. The molecule has 59 valence electrons. The summed E-state index contributed by atoms with van der Waals surface area (Å²) in [6.45, 7) is 3.36. The first kappa shape index (κ1) is 9.63. The highest BCUT2D eigenvalue weighted by Gasteiger charge is 2.10. The van der Waals surface area contributed by atoms with E-state index in [1.165, 1.54) is 0 Å².